The standard InChI is InChI=1S/C30H31ClN4O3/c1-20(2)17-34(29(37)23-7-11-24(31)12-8-23)19-28(36)33-30-32-27(22-9-15-26(38-4)16-10-22)18-35(30)25-13-5-21(3)6-14-25/h5-16,18,20H,17,19H2,1-4H3,(H,32,33,36). The van der Waals surface area contributed by atoms with Gasteiger partial charge in [0.1, 0.15) is 12.3 Å². The lowest BCUT2D eigenvalue weighted by molar-refractivity contribution is -0.117. The molecule has 0 saturated heterocycles. The van der Waals surface area contributed by atoms with Gasteiger partial charge in [-0.2, -0.15) is 0 Å². The molecule has 7 nitrogen and oxygen atoms in total. The summed E-state index contributed by atoms with van der Waals surface area (Å²) in [6.45, 7) is 6.34. The largest absolute Gasteiger partial charge is 0.497 e. The number of aryl methyl sites for hydroxylation is 1. The van der Waals surface area contributed by atoms with E-state index in [0.717, 1.165) is 22.6 Å². The highest BCUT2D eigenvalue weighted by Gasteiger charge is 2.22. The van der Waals surface area contributed by atoms with Gasteiger partial charge in [0.05, 0.1) is 12.8 Å². The molecule has 0 aliphatic heterocycles. The number of nitrogens with zero attached hydrogens (tertiary/aromatic N) is 3. The van der Waals surface area contributed by atoms with Crippen LogP contribution < -0.4 is 10.1 Å². The Morgan fingerprint density at radius 1 is 1.00 bits per heavy atom. The van der Waals surface area contributed by atoms with Crippen LogP contribution in [0.3, 0.4) is 0 Å². The summed E-state index contributed by atoms with van der Waals surface area (Å²) in [5, 5.41) is 3.48. The molecule has 0 saturated carbocycles. The SMILES string of the molecule is COc1ccc(-c2cn(-c3ccc(C)cc3)c(NC(=O)CN(CC(C)C)C(=O)c3ccc(Cl)cc3)n2)cc1. The number of imidazole rings is 1. The Morgan fingerprint density at radius 3 is 2.26 bits per heavy atom. The number of carbonyl (C=O) groups is 2. The molecule has 1 N–H and O–H groups in total. The van der Waals surface area contributed by atoms with Crippen molar-refractivity contribution in [1.82, 2.24) is 14.5 Å². The van der Waals surface area contributed by atoms with Crippen molar-refractivity contribution in [3.63, 3.8) is 0 Å². The van der Waals surface area contributed by atoms with Crippen LogP contribution in [0.2, 0.25) is 5.02 Å². The molecular formula is C30H31ClN4O3. The number of hydrogen-bond acceptors (Lipinski definition) is 4. The van der Waals surface area contributed by atoms with Gasteiger partial charge in [-0.25, -0.2) is 4.98 Å². The van der Waals surface area contributed by atoms with E-state index < -0.39 is 0 Å². The summed E-state index contributed by atoms with van der Waals surface area (Å²) in [5.74, 6) is 0.721. The highest BCUT2D eigenvalue weighted by Crippen LogP contribution is 2.26. The van der Waals surface area contributed by atoms with Crippen molar-refractivity contribution in [2.75, 3.05) is 25.5 Å². The molecule has 196 valence electrons. The van der Waals surface area contributed by atoms with Crippen molar-refractivity contribution < 1.29 is 14.3 Å². The zero-order valence-electron chi connectivity index (χ0n) is 21.9. The van der Waals surface area contributed by atoms with Crippen LogP contribution in [0.1, 0.15) is 29.8 Å². The summed E-state index contributed by atoms with van der Waals surface area (Å²) >= 11 is 5.99. The molecule has 0 unspecified atom stereocenters. The first-order valence-electron chi connectivity index (χ1n) is 12.4. The van der Waals surface area contributed by atoms with Crippen molar-refractivity contribution in [2.24, 2.45) is 5.92 Å². The number of carbonyl (C=O) groups excluding carboxylic acids is 2. The maximum atomic E-state index is 13.3. The van der Waals surface area contributed by atoms with Crippen LogP contribution in [0.5, 0.6) is 5.75 Å². The van der Waals surface area contributed by atoms with E-state index in [1.165, 1.54) is 0 Å². The zero-order valence-corrected chi connectivity index (χ0v) is 22.7. The minimum atomic E-state index is -0.340. The fourth-order valence-corrected chi connectivity index (χ4v) is 4.17. The lowest BCUT2D eigenvalue weighted by Crippen LogP contribution is -2.40. The van der Waals surface area contributed by atoms with Gasteiger partial charge in [0.2, 0.25) is 11.9 Å². The molecule has 0 aliphatic carbocycles. The lowest BCUT2D eigenvalue weighted by atomic mass is 10.1. The third-order valence-corrected chi connectivity index (χ3v) is 6.21. The molecule has 38 heavy (non-hydrogen) atoms. The average molecular weight is 531 g/mol. The fraction of sp³-hybridized carbons (Fsp3) is 0.233. The molecule has 2 amide bonds. The summed E-state index contributed by atoms with van der Waals surface area (Å²) in [6, 6.07) is 22.2. The fourth-order valence-electron chi connectivity index (χ4n) is 4.04. The van der Waals surface area contributed by atoms with Crippen LogP contribution in [-0.2, 0) is 4.79 Å². The second-order valence-electron chi connectivity index (χ2n) is 9.52. The van der Waals surface area contributed by atoms with Crippen molar-refractivity contribution >= 4 is 29.4 Å². The van der Waals surface area contributed by atoms with Gasteiger partial charge in [-0.15, -0.1) is 0 Å². The average Bonchev–Trinajstić information content (AvgIpc) is 3.32. The maximum absolute atomic E-state index is 13.3. The van der Waals surface area contributed by atoms with Crippen LogP contribution in [0, 0.1) is 12.8 Å². The first kappa shape index (κ1) is 26.9. The number of halogens is 1. The summed E-state index contributed by atoms with van der Waals surface area (Å²) in [7, 11) is 1.62. The molecule has 4 aromatic rings. The van der Waals surface area contributed by atoms with Crippen molar-refractivity contribution in [1.29, 1.82) is 0 Å². The number of nitrogens with one attached hydrogen (secondary N) is 1. The monoisotopic (exact) mass is 530 g/mol. The Kier molecular flexibility index (Phi) is 8.48. The quantitative estimate of drug-likeness (QED) is 0.277. The van der Waals surface area contributed by atoms with Gasteiger partial charge in [-0.1, -0.05) is 43.1 Å². The summed E-state index contributed by atoms with van der Waals surface area (Å²) in [6.07, 6.45) is 1.88. The first-order valence-corrected chi connectivity index (χ1v) is 12.8. The molecule has 1 heterocycles. The van der Waals surface area contributed by atoms with E-state index in [1.807, 2.05) is 80.1 Å². The Morgan fingerprint density at radius 2 is 1.66 bits per heavy atom. The van der Waals surface area contributed by atoms with E-state index in [0.29, 0.717) is 28.8 Å². The molecule has 0 aliphatic rings. The van der Waals surface area contributed by atoms with E-state index in [1.54, 1.807) is 36.3 Å². The van der Waals surface area contributed by atoms with E-state index in [9.17, 15) is 9.59 Å². The van der Waals surface area contributed by atoms with Gasteiger partial charge < -0.3 is 9.64 Å². The number of rotatable bonds is 9. The number of aromatic nitrogens is 2. The molecule has 0 fully saturated rings. The second-order valence-corrected chi connectivity index (χ2v) is 9.95. The number of benzene rings is 3. The Bertz CT molecular complexity index is 1400. The van der Waals surface area contributed by atoms with Crippen molar-refractivity contribution in [3.8, 4) is 22.7 Å². The van der Waals surface area contributed by atoms with Crippen LogP contribution >= 0.6 is 11.6 Å². The molecule has 4 rings (SSSR count). The summed E-state index contributed by atoms with van der Waals surface area (Å²) < 4.78 is 7.11. The van der Waals surface area contributed by atoms with Gasteiger partial charge in [-0.05, 0) is 73.5 Å². The maximum Gasteiger partial charge on any atom is 0.254 e. The van der Waals surface area contributed by atoms with Crippen molar-refractivity contribution in [3.05, 3.63) is 95.1 Å². The van der Waals surface area contributed by atoms with Gasteiger partial charge in [0, 0.05) is 34.6 Å². The Hall–Kier alpha value is -4.10. The highest BCUT2D eigenvalue weighted by atomic mass is 35.5. The van der Waals surface area contributed by atoms with Crippen LogP contribution in [0.4, 0.5) is 5.95 Å². The van der Waals surface area contributed by atoms with Crippen molar-refractivity contribution in [2.45, 2.75) is 20.8 Å². The smallest absolute Gasteiger partial charge is 0.254 e. The molecule has 0 atom stereocenters. The number of anilines is 1. The zero-order chi connectivity index (χ0) is 27.2. The van der Waals surface area contributed by atoms with E-state index in [4.69, 9.17) is 21.3 Å². The third-order valence-electron chi connectivity index (χ3n) is 5.95. The highest BCUT2D eigenvalue weighted by molar-refractivity contribution is 6.30. The molecule has 3 aromatic carbocycles. The molecular weight excluding hydrogens is 500 g/mol. The Labute approximate surface area is 228 Å². The molecule has 0 radical (unpaired) electrons. The second kappa shape index (κ2) is 12.0. The molecule has 0 spiro atoms. The molecule has 1 aromatic heterocycles. The van der Waals surface area contributed by atoms with Gasteiger partial charge in [0.25, 0.3) is 5.91 Å². The lowest BCUT2D eigenvalue weighted by Gasteiger charge is -2.24. The van der Waals surface area contributed by atoms with E-state index in [2.05, 4.69) is 5.32 Å². The van der Waals surface area contributed by atoms with Crippen LogP contribution in [0.25, 0.3) is 16.9 Å². The molecule has 0 bridgehead atoms. The van der Waals surface area contributed by atoms with E-state index >= 15 is 0 Å². The molecule has 8 heteroatoms. The predicted molar refractivity (Wildman–Crippen MR) is 151 cm³/mol. The number of amides is 2. The van der Waals surface area contributed by atoms with Gasteiger partial charge in [0.15, 0.2) is 0 Å². The Balaban J connectivity index is 1.61. The van der Waals surface area contributed by atoms with Crippen LogP contribution in [-0.4, -0.2) is 46.5 Å². The number of ether oxygens (including phenoxy) is 1. The summed E-state index contributed by atoms with van der Waals surface area (Å²) in [5.41, 5.74) is 4.03. The van der Waals surface area contributed by atoms with Gasteiger partial charge in [-0.3, -0.25) is 19.5 Å². The minimum absolute atomic E-state index is 0.113. The van der Waals surface area contributed by atoms with E-state index in [-0.39, 0.29) is 24.3 Å². The van der Waals surface area contributed by atoms with Gasteiger partial charge >= 0.3 is 0 Å². The minimum Gasteiger partial charge on any atom is -0.497 e. The van der Waals surface area contributed by atoms with Crippen LogP contribution in [0.15, 0.2) is 79.0 Å². The summed E-state index contributed by atoms with van der Waals surface area (Å²) in [4.78, 5) is 32.8. The predicted octanol–water partition coefficient (Wildman–Crippen LogP) is 6.25. The first-order chi connectivity index (χ1) is 18.2. The topological polar surface area (TPSA) is 76.5 Å². The normalized spacial score (nSPS) is 10.9. The number of methoxy groups -OCH3 is 1. The number of hydrogen-bond donors (Lipinski definition) is 1. The third kappa shape index (κ3) is 6.61.